The summed E-state index contributed by atoms with van der Waals surface area (Å²) >= 11 is 5.69. The van der Waals surface area contributed by atoms with E-state index in [1.165, 1.54) is 4.31 Å². The van der Waals surface area contributed by atoms with E-state index in [1.54, 1.807) is 19.2 Å². The van der Waals surface area contributed by atoms with Gasteiger partial charge in [-0.25, -0.2) is 8.42 Å². The average Bonchev–Trinajstić information content (AvgIpc) is 2.44. The molecule has 0 aliphatic heterocycles. The van der Waals surface area contributed by atoms with Crippen LogP contribution in [0.2, 0.25) is 0 Å². The number of sulfonamides is 1. The highest BCUT2D eigenvalue weighted by molar-refractivity contribution is 7.89. The normalized spacial score (nSPS) is 12.3. The van der Waals surface area contributed by atoms with Gasteiger partial charge < -0.3 is 4.74 Å². The van der Waals surface area contributed by atoms with Crippen molar-refractivity contribution in [2.24, 2.45) is 5.92 Å². The highest BCUT2D eigenvalue weighted by Crippen LogP contribution is 2.18. The first kappa shape index (κ1) is 18.4. The standard InChI is InChI=1S/C15H24ClNO3S/c1-13(2)12-17(10-11-20-3)21(18,19)15-6-4-14(5-7-15)8-9-16/h4-7,13H,8-12H2,1-3H3. The van der Waals surface area contributed by atoms with Crippen LogP contribution in [0, 0.1) is 5.92 Å². The van der Waals surface area contributed by atoms with Gasteiger partial charge in [0.2, 0.25) is 10.0 Å². The van der Waals surface area contributed by atoms with Gasteiger partial charge >= 0.3 is 0 Å². The smallest absolute Gasteiger partial charge is 0.243 e. The molecule has 1 aromatic rings. The zero-order valence-electron chi connectivity index (χ0n) is 12.9. The molecule has 0 aromatic heterocycles. The van der Waals surface area contributed by atoms with Gasteiger partial charge in [0.15, 0.2) is 0 Å². The molecule has 1 rings (SSSR count). The molecular weight excluding hydrogens is 310 g/mol. The highest BCUT2D eigenvalue weighted by Gasteiger charge is 2.24. The molecule has 0 unspecified atom stereocenters. The predicted molar refractivity (Wildman–Crippen MR) is 86.3 cm³/mol. The number of aryl methyl sites for hydroxylation is 1. The summed E-state index contributed by atoms with van der Waals surface area (Å²) in [5, 5.41) is 0. The summed E-state index contributed by atoms with van der Waals surface area (Å²) in [6.07, 6.45) is 0.737. The molecule has 0 N–H and O–H groups in total. The van der Waals surface area contributed by atoms with E-state index >= 15 is 0 Å². The third-order valence-corrected chi connectivity index (χ3v) is 5.13. The number of benzene rings is 1. The maximum Gasteiger partial charge on any atom is 0.243 e. The van der Waals surface area contributed by atoms with Crippen LogP contribution in [0.5, 0.6) is 0 Å². The molecule has 0 radical (unpaired) electrons. The van der Waals surface area contributed by atoms with E-state index in [-0.39, 0.29) is 5.92 Å². The molecule has 0 heterocycles. The second-order valence-electron chi connectivity index (χ2n) is 5.33. The average molecular weight is 334 g/mol. The third-order valence-electron chi connectivity index (χ3n) is 3.06. The monoisotopic (exact) mass is 333 g/mol. The second-order valence-corrected chi connectivity index (χ2v) is 7.65. The Kier molecular flexibility index (Phi) is 7.66. The number of hydrogen-bond acceptors (Lipinski definition) is 3. The van der Waals surface area contributed by atoms with Crippen molar-refractivity contribution in [3.63, 3.8) is 0 Å². The Morgan fingerprint density at radius 3 is 2.33 bits per heavy atom. The number of ether oxygens (including phenoxy) is 1. The molecule has 1 aromatic carbocycles. The van der Waals surface area contributed by atoms with Crippen molar-refractivity contribution >= 4 is 21.6 Å². The summed E-state index contributed by atoms with van der Waals surface area (Å²) in [6.45, 7) is 5.23. The Balaban J connectivity index is 2.97. The molecule has 0 aliphatic carbocycles. The van der Waals surface area contributed by atoms with Crippen LogP contribution in [0.15, 0.2) is 29.2 Å². The lowest BCUT2D eigenvalue weighted by Crippen LogP contribution is -2.36. The Bertz CT molecular complexity index is 514. The molecule has 6 heteroatoms. The number of rotatable bonds is 9. The summed E-state index contributed by atoms with van der Waals surface area (Å²) in [4.78, 5) is 0.317. The summed E-state index contributed by atoms with van der Waals surface area (Å²) in [7, 11) is -1.91. The summed E-state index contributed by atoms with van der Waals surface area (Å²) in [5.41, 5.74) is 1.04. The van der Waals surface area contributed by atoms with Crippen LogP contribution in [0.25, 0.3) is 0 Å². The Morgan fingerprint density at radius 2 is 1.86 bits per heavy atom. The maximum absolute atomic E-state index is 12.7. The summed E-state index contributed by atoms with van der Waals surface area (Å²) < 4.78 is 31.9. The fraction of sp³-hybridized carbons (Fsp3) is 0.600. The van der Waals surface area contributed by atoms with E-state index in [1.807, 2.05) is 26.0 Å². The van der Waals surface area contributed by atoms with Crippen molar-refractivity contribution in [3.05, 3.63) is 29.8 Å². The summed E-state index contributed by atoms with van der Waals surface area (Å²) in [6, 6.07) is 6.94. The first-order valence-corrected chi connectivity index (χ1v) is 9.03. The minimum absolute atomic E-state index is 0.257. The molecule has 0 bridgehead atoms. The number of methoxy groups -OCH3 is 1. The fourth-order valence-corrected chi connectivity index (χ4v) is 3.80. The maximum atomic E-state index is 12.7. The summed E-state index contributed by atoms with van der Waals surface area (Å²) in [5.74, 6) is 0.784. The molecule has 0 spiro atoms. The van der Waals surface area contributed by atoms with Crippen LogP contribution >= 0.6 is 11.6 Å². The van der Waals surface area contributed by atoms with Gasteiger partial charge in [-0.3, -0.25) is 0 Å². The van der Waals surface area contributed by atoms with Crippen LogP contribution in [-0.4, -0.2) is 45.4 Å². The molecule has 4 nitrogen and oxygen atoms in total. The topological polar surface area (TPSA) is 46.6 Å². The molecule has 21 heavy (non-hydrogen) atoms. The zero-order valence-corrected chi connectivity index (χ0v) is 14.5. The van der Waals surface area contributed by atoms with Gasteiger partial charge in [0.05, 0.1) is 11.5 Å². The van der Waals surface area contributed by atoms with Crippen molar-refractivity contribution in [1.82, 2.24) is 4.31 Å². The lowest BCUT2D eigenvalue weighted by Gasteiger charge is -2.23. The Morgan fingerprint density at radius 1 is 1.24 bits per heavy atom. The van der Waals surface area contributed by atoms with Gasteiger partial charge in [0.1, 0.15) is 0 Å². The lowest BCUT2D eigenvalue weighted by molar-refractivity contribution is 0.175. The molecule has 0 atom stereocenters. The van der Waals surface area contributed by atoms with E-state index in [9.17, 15) is 8.42 Å². The van der Waals surface area contributed by atoms with E-state index in [2.05, 4.69) is 0 Å². The molecule has 0 fully saturated rings. The number of hydrogen-bond donors (Lipinski definition) is 0. The van der Waals surface area contributed by atoms with E-state index in [0.717, 1.165) is 12.0 Å². The van der Waals surface area contributed by atoms with Crippen LogP contribution in [0.4, 0.5) is 0 Å². The van der Waals surface area contributed by atoms with E-state index in [0.29, 0.717) is 30.5 Å². The lowest BCUT2D eigenvalue weighted by atomic mass is 10.2. The second kappa shape index (κ2) is 8.73. The third kappa shape index (κ3) is 5.58. The predicted octanol–water partition coefficient (Wildman–Crippen LogP) is 2.76. The molecule has 0 saturated heterocycles. The van der Waals surface area contributed by atoms with Crippen LogP contribution in [-0.2, 0) is 21.2 Å². The van der Waals surface area contributed by atoms with E-state index < -0.39 is 10.0 Å². The van der Waals surface area contributed by atoms with Crippen LogP contribution < -0.4 is 0 Å². The minimum atomic E-state index is -3.48. The number of nitrogens with zero attached hydrogens (tertiary/aromatic N) is 1. The van der Waals surface area contributed by atoms with Crippen molar-refractivity contribution in [2.75, 3.05) is 32.7 Å². The first-order valence-electron chi connectivity index (χ1n) is 7.05. The molecule has 120 valence electrons. The molecule has 0 saturated carbocycles. The van der Waals surface area contributed by atoms with Crippen molar-refractivity contribution in [1.29, 1.82) is 0 Å². The highest BCUT2D eigenvalue weighted by atomic mass is 35.5. The first-order chi connectivity index (χ1) is 9.91. The fourth-order valence-electron chi connectivity index (χ4n) is 2.00. The molecule has 0 amide bonds. The zero-order chi connectivity index (χ0) is 15.9. The van der Waals surface area contributed by atoms with Crippen LogP contribution in [0.1, 0.15) is 19.4 Å². The van der Waals surface area contributed by atoms with Gasteiger partial charge in [0.25, 0.3) is 0 Å². The van der Waals surface area contributed by atoms with Gasteiger partial charge in [-0.2, -0.15) is 4.31 Å². The van der Waals surface area contributed by atoms with Gasteiger partial charge in [-0.05, 0) is 30.0 Å². The van der Waals surface area contributed by atoms with Crippen LogP contribution in [0.3, 0.4) is 0 Å². The largest absolute Gasteiger partial charge is 0.383 e. The Labute approximate surface area is 133 Å². The van der Waals surface area contributed by atoms with Crippen molar-refractivity contribution in [2.45, 2.75) is 25.2 Å². The van der Waals surface area contributed by atoms with E-state index in [4.69, 9.17) is 16.3 Å². The Hall–Kier alpha value is -0.620. The molecule has 0 aliphatic rings. The van der Waals surface area contributed by atoms with Gasteiger partial charge in [-0.15, -0.1) is 11.6 Å². The number of halogens is 1. The van der Waals surface area contributed by atoms with Crippen molar-refractivity contribution < 1.29 is 13.2 Å². The van der Waals surface area contributed by atoms with Crippen molar-refractivity contribution in [3.8, 4) is 0 Å². The minimum Gasteiger partial charge on any atom is -0.383 e. The SMILES string of the molecule is COCCN(CC(C)C)S(=O)(=O)c1ccc(CCCl)cc1. The quantitative estimate of drug-likeness (QED) is 0.653. The van der Waals surface area contributed by atoms with Gasteiger partial charge in [-0.1, -0.05) is 26.0 Å². The molecular formula is C15H24ClNO3S. The van der Waals surface area contributed by atoms with Gasteiger partial charge in [0, 0.05) is 26.1 Å². The number of alkyl halides is 1.